The number of rotatable bonds is 5. The van der Waals surface area contributed by atoms with Gasteiger partial charge in [0.25, 0.3) is 0 Å². The van der Waals surface area contributed by atoms with Gasteiger partial charge in [-0.3, -0.25) is 4.98 Å². The predicted molar refractivity (Wildman–Crippen MR) is 114 cm³/mol. The lowest BCUT2D eigenvalue weighted by atomic mass is 10.0. The zero-order valence-electron chi connectivity index (χ0n) is 16.6. The highest BCUT2D eigenvalue weighted by atomic mass is 19.1. The number of nitrogens with zero attached hydrogens (tertiary/aromatic N) is 2. The zero-order valence-corrected chi connectivity index (χ0v) is 16.6. The van der Waals surface area contributed by atoms with Gasteiger partial charge in [-0.25, -0.2) is 9.18 Å². The first-order chi connectivity index (χ1) is 14.6. The van der Waals surface area contributed by atoms with Gasteiger partial charge < -0.3 is 9.30 Å². The summed E-state index contributed by atoms with van der Waals surface area (Å²) in [5.74, 6) is -0.0693. The van der Waals surface area contributed by atoms with Gasteiger partial charge in [-0.1, -0.05) is 6.07 Å². The van der Waals surface area contributed by atoms with Gasteiger partial charge in [-0.15, -0.1) is 0 Å². The lowest BCUT2D eigenvalue weighted by molar-refractivity contribution is 0.0599. The quantitative estimate of drug-likeness (QED) is 0.420. The smallest absolute Gasteiger partial charge is 0.339 e. The molecule has 1 saturated carbocycles. The van der Waals surface area contributed by atoms with Crippen LogP contribution in [0.25, 0.3) is 16.6 Å². The number of carbonyl (C=O) groups is 1. The summed E-state index contributed by atoms with van der Waals surface area (Å²) in [4.78, 5) is 16.9. The normalized spacial score (nSPS) is 13.5. The number of esters is 1. The number of benzene rings is 2. The Bertz CT molecular complexity index is 1240. The minimum atomic E-state index is -0.344. The lowest BCUT2D eigenvalue weighted by Gasteiger charge is -2.10. The van der Waals surface area contributed by atoms with Crippen LogP contribution in [-0.4, -0.2) is 22.6 Å². The summed E-state index contributed by atoms with van der Waals surface area (Å²) >= 11 is 0. The van der Waals surface area contributed by atoms with E-state index in [1.807, 2.05) is 41.2 Å². The molecule has 4 nitrogen and oxygen atoms in total. The van der Waals surface area contributed by atoms with E-state index in [1.165, 1.54) is 19.2 Å². The van der Waals surface area contributed by atoms with E-state index < -0.39 is 0 Å². The number of halogens is 1. The van der Waals surface area contributed by atoms with Crippen molar-refractivity contribution >= 4 is 16.9 Å². The van der Waals surface area contributed by atoms with Crippen LogP contribution in [0.4, 0.5) is 4.39 Å². The molecule has 150 valence electrons. The third-order valence-electron chi connectivity index (χ3n) is 5.68. The first-order valence-electron chi connectivity index (χ1n) is 10.1. The fraction of sp³-hybridized carbons (Fsp3) is 0.200. The Morgan fingerprint density at radius 1 is 1.13 bits per heavy atom. The molecular weight excluding hydrogens is 379 g/mol. The molecule has 2 aromatic heterocycles. The van der Waals surface area contributed by atoms with E-state index >= 15 is 0 Å². The predicted octanol–water partition coefficient (Wildman–Crippen LogP) is 5.42. The Kier molecular flexibility index (Phi) is 4.58. The molecule has 2 aromatic carbocycles. The fourth-order valence-corrected chi connectivity index (χ4v) is 3.90. The molecule has 1 fully saturated rings. The molecule has 0 atom stereocenters. The Labute approximate surface area is 173 Å². The first kappa shape index (κ1) is 18.6. The molecule has 1 aliphatic carbocycles. The minimum Gasteiger partial charge on any atom is -0.465 e. The van der Waals surface area contributed by atoms with Gasteiger partial charge in [0.2, 0.25) is 0 Å². The molecule has 4 aromatic rings. The van der Waals surface area contributed by atoms with Crippen molar-refractivity contribution in [3.8, 4) is 5.69 Å². The van der Waals surface area contributed by atoms with Crippen LogP contribution in [0.2, 0.25) is 0 Å². The number of hydrogen-bond acceptors (Lipinski definition) is 3. The molecule has 0 radical (unpaired) electrons. The number of hydrogen-bond donors (Lipinski definition) is 0. The standard InChI is InChI=1S/C25H21FN2O2/c1-30-25(29)22-14-19(17-3-4-17)15-27-23(22)13-16-2-9-24-18(12-16)10-11-28(24)21-7-5-20(26)6-8-21/h2,5-12,14-15,17H,3-4,13H2,1H3. The highest BCUT2D eigenvalue weighted by molar-refractivity contribution is 5.91. The van der Waals surface area contributed by atoms with Crippen molar-refractivity contribution in [2.75, 3.05) is 7.11 Å². The third-order valence-corrected chi connectivity index (χ3v) is 5.68. The Morgan fingerprint density at radius 2 is 1.93 bits per heavy atom. The Balaban J connectivity index is 1.47. The maximum absolute atomic E-state index is 13.2. The minimum absolute atomic E-state index is 0.251. The maximum Gasteiger partial charge on any atom is 0.339 e. The molecule has 0 bridgehead atoms. The van der Waals surface area contributed by atoms with Gasteiger partial charge in [0, 0.05) is 29.9 Å². The molecular formula is C25H21FN2O2. The largest absolute Gasteiger partial charge is 0.465 e. The van der Waals surface area contributed by atoms with E-state index in [4.69, 9.17) is 4.74 Å². The summed E-state index contributed by atoms with van der Waals surface area (Å²) in [6, 6.07) is 16.6. The van der Waals surface area contributed by atoms with Crippen LogP contribution < -0.4 is 0 Å². The SMILES string of the molecule is COC(=O)c1cc(C2CC2)cnc1Cc1ccc2c(ccn2-c2ccc(F)cc2)c1. The lowest BCUT2D eigenvalue weighted by Crippen LogP contribution is -2.09. The number of fused-ring (bicyclic) bond motifs is 1. The summed E-state index contributed by atoms with van der Waals surface area (Å²) in [6.45, 7) is 0. The van der Waals surface area contributed by atoms with Gasteiger partial charge in [-0.2, -0.15) is 0 Å². The molecule has 5 heteroatoms. The summed E-state index contributed by atoms with van der Waals surface area (Å²) in [7, 11) is 1.40. The van der Waals surface area contributed by atoms with Crippen molar-refractivity contribution in [2.24, 2.45) is 0 Å². The average molecular weight is 400 g/mol. The number of ether oxygens (including phenoxy) is 1. The third kappa shape index (κ3) is 3.47. The number of aromatic nitrogens is 2. The molecule has 5 rings (SSSR count). The highest BCUT2D eigenvalue weighted by Gasteiger charge is 2.26. The van der Waals surface area contributed by atoms with Crippen LogP contribution in [-0.2, 0) is 11.2 Å². The molecule has 0 amide bonds. The fourth-order valence-electron chi connectivity index (χ4n) is 3.90. The van der Waals surface area contributed by atoms with E-state index in [9.17, 15) is 9.18 Å². The van der Waals surface area contributed by atoms with Crippen LogP contribution in [0.15, 0.2) is 67.0 Å². The van der Waals surface area contributed by atoms with Gasteiger partial charge in [0.15, 0.2) is 0 Å². The summed E-state index contributed by atoms with van der Waals surface area (Å²) in [6.07, 6.45) is 6.73. The average Bonchev–Trinajstić information content (AvgIpc) is 3.54. The molecule has 0 saturated heterocycles. The second-order valence-electron chi connectivity index (χ2n) is 7.76. The number of pyridine rings is 1. The van der Waals surface area contributed by atoms with Gasteiger partial charge in [0.1, 0.15) is 5.82 Å². The summed E-state index contributed by atoms with van der Waals surface area (Å²) in [5, 5.41) is 1.08. The zero-order chi connectivity index (χ0) is 20.7. The van der Waals surface area contributed by atoms with E-state index in [-0.39, 0.29) is 11.8 Å². The summed E-state index contributed by atoms with van der Waals surface area (Å²) < 4.78 is 20.3. The molecule has 2 heterocycles. The Hall–Kier alpha value is -3.47. The molecule has 0 N–H and O–H groups in total. The van der Waals surface area contributed by atoms with Crippen molar-refractivity contribution < 1.29 is 13.9 Å². The van der Waals surface area contributed by atoms with Crippen LogP contribution in [0.1, 0.15) is 45.9 Å². The van der Waals surface area contributed by atoms with Crippen LogP contribution in [0, 0.1) is 5.82 Å². The Morgan fingerprint density at radius 3 is 2.67 bits per heavy atom. The molecule has 0 spiro atoms. The molecule has 30 heavy (non-hydrogen) atoms. The van der Waals surface area contributed by atoms with Crippen molar-refractivity contribution in [2.45, 2.75) is 25.2 Å². The maximum atomic E-state index is 13.2. The van der Waals surface area contributed by atoms with Crippen LogP contribution >= 0.6 is 0 Å². The topological polar surface area (TPSA) is 44.1 Å². The van der Waals surface area contributed by atoms with Crippen LogP contribution in [0.5, 0.6) is 0 Å². The van der Waals surface area contributed by atoms with Crippen molar-refractivity contribution in [3.05, 3.63) is 95.2 Å². The number of methoxy groups -OCH3 is 1. The van der Waals surface area contributed by atoms with Gasteiger partial charge in [0.05, 0.1) is 23.9 Å². The van der Waals surface area contributed by atoms with Gasteiger partial charge in [-0.05, 0) is 78.4 Å². The van der Waals surface area contributed by atoms with E-state index in [2.05, 4.69) is 11.1 Å². The van der Waals surface area contributed by atoms with E-state index in [1.54, 1.807) is 12.1 Å². The van der Waals surface area contributed by atoms with Gasteiger partial charge >= 0.3 is 5.97 Å². The second-order valence-corrected chi connectivity index (χ2v) is 7.76. The van der Waals surface area contributed by atoms with E-state index in [0.717, 1.165) is 46.3 Å². The summed E-state index contributed by atoms with van der Waals surface area (Å²) in [5.41, 5.74) is 5.40. The number of carbonyl (C=O) groups excluding carboxylic acids is 1. The van der Waals surface area contributed by atoms with Crippen LogP contribution in [0.3, 0.4) is 0 Å². The molecule has 0 unspecified atom stereocenters. The molecule has 1 aliphatic rings. The monoisotopic (exact) mass is 400 g/mol. The van der Waals surface area contributed by atoms with Crippen molar-refractivity contribution in [1.82, 2.24) is 9.55 Å². The molecule has 0 aliphatic heterocycles. The first-order valence-corrected chi connectivity index (χ1v) is 10.1. The van der Waals surface area contributed by atoms with Crippen molar-refractivity contribution in [1.29, 1.82) is 0 Å². The van der Waals surface area contributed by atoms with Crippen molar-refractivity contribution in [3.63, 3.8) is 0 Å². The highest BCUT2D eigenvalue weighted by Crippen LogP contribution is 2.40. The second kappa shape index (κ2) is 7.41. The van der Waals surface area contributed by atoms with E-state index in [0.29, 0.717) is 17.9 Å².